The predicted molar refractivity (Wildman–Crippen MR) is 49.5 cm³/mol. The molecule has 0 aromatic rings. The summed E-state index contributed by atoms with van der Waals surface area (Å²) in [5, 5.41) is 3.18. The van der Waals surface area contributed by atoms with Crippen molar-refractivity contribution in [3.8, 4) is 0 Å². The minimum absolute atomic E-state index is 0.186. The second-order valence-electron chi connectivity index (χ2n) is 2.89. The van der Waals surface area contributed by atoms with Crippen LogP contribution in [0.15, 0.2) is 0 Å². The molecule has 12 heavy (non-hydrogen) atoms. The summed E-state index contributed by atoms with van der Waals surface area (Å²) >= 11 is 11.0. The Kier molecular flexibility index (Phi) is 3.62. The number of nitrogens with zero attached hydrogens (tertiary/aromatic N) is 1. The Morgan fingerprint density at radius 2 is 2.33 bits per heavy atom. The van der Waals surface area contributed by atoms with Crippen LogP contribution in [-0.4, -0.2) is 41.3 Å². The van der Waals surface area contributed by atoms with Gasteiger partial charge >= 0.3 is 0 Å². The summed E-state index contributed by atoms with van der Waals surface area (Å²) in [7, 11) is 0. The first-order chi connectivity index (χ1) is 5.63. The molecule has 1 aliphatic rings. The number of carbonyl (C=O) groups is 1. The van der Waals surface area contributed by atoms with Crippen molar-refractivity contribution in [1.29, 1.82) is 0 Å². The van der Waals surface area contributed by atoms with Crippen LogP contribution in [-0.2, 0) is 4.79 Å². The maximum absolute atomic E-state index is 11.3. The molecular formula is C7H12Cl2N2O. The molecule has 1 aliphatic heterocycles. The molecule has 0 saturated carbocycles. The standard InChI is InChI=1S/C7H12Cl2N2O/c1-5-4-10-2-3-11(5)7(12)6(8)9/h5-6,10H,2-4H2,1H3. The van der Waals surface area contributed by atoms with Crippen molar-refractivity contribution in [2.45, 2.75) is 17.8 Å². The fourth-order valence-corrected chi connectivity index (χ4v) is 1.54. The number of hydrogen-bond acceptors (Lipinski definition) is 2. The summed E-state index contributed by atoms with van der Waals surface area (Å²) in [6, 6.07) is 0.186. The van der Waals surface area contributed by atoms with Crippen LogP contribution in [0.3, 0.4) is 0 Å². The lowest BCUT2D eigenvalue weighted by molar-refractivity contribution is -0.132. The van der Waals surface area contributed by atoms with Gasteiger partial charge in [0.1, 0.15) is 0 Å². The van der Waals surface area contributed by atoms with Crippen LogP contribution in [0.2, 0.25) is 0 Å². The monoisotopic (exact) mass is 210 g/mol. The average molecular weight is 211 g/mol. The lowest BCUT2D eigenvalue weighted by Gasteiger charge is -2.34. The van der Waals surface area contributed by atoms with Crippen molar-refractivity contribution in [3.05, 3.63) is 0 Å². The van der Waals surface area contributed by atoms with E-state index in [2.05, 4.69) is 5.32 Å². The molecule has 0 radical (unpaired) electrons. The van der Waals surface area contributed by atoms with E-state index in [-0.39, 0.29) is 11.9 Å². The summed E-state index contributed by atoms with van der Waals surface area (Å²) in [5.74, 6) is -0.188. The number of piperazine rings is 1. The minimum atomic E-state index is -0.925. The second kappa shape index (κ2) is 4.30. The van der Waals surface area contributed by atoms with Crippen molar-refractivity contribution in [2.24, 2.45) is 0 Å². The van der Waals surface area contributed by atoms with Crippen molar-refractivity contribution in [3.63, 3.8) is 0 Å². The Morgan fingerprint density at radius 3 is 2.83 bits per heavy atom. The summed E-state index contributed by atoms with van der Waals surface area (Å²) in [5.41, 5.74) is 0. The van der Waals surface area contributed by atoms with Gasteiger partial charge in [0.15, 0.2) is 4.84 Å². The van der Waals surface area contributed by atoms with Crippen molar-refractivity contribution in [2.75, 3.05) is 19.6 Å². The first-order valence-corrected chi connectivity index (χ1v) is 4.79. The smallest absolute Gasteiger partial charge is 0.256 e. The van der Waals surface area contributed by atoms with Crippen LogP contribution >= 0.6 is 23.2 Å². The van der Waals surface area contributed by atoms with Crippen LogP contribution in [0.25, 0.3) is 0 Å². The van der Waals surface area contributed by atoms with Crippen LogP contribution in [0.4, 0.5) is 0 Å². The van der Waals surface area contributed by atoms with Gasteiger partial charge < -0.3 is 10.2 Å². The van der Waals surface area contributed by atoms with Gasteiger partial charge in [-0.3, -0.25) is 4.79 Å². The zero-order chi connectivity index (χ0) is 9.14. The fraction of sp³-hybridized carbons (Fsp3) is 0.857. The van der Waals surface area contributed by atoms with E-state index >= 15 is 0 Å². The largest absolute Gasteiger partial charge is 0.335 e. The summed E-state index contributed by atoms with van der Waals surface area (Å²) in [4.78, 5) is 12.1. The second-order valence-corrected chi connectivity index (χ2v) is 3.98. The third-order valence-electron chi connectivity index (χ3n) is 1.97. The van der Waals surface area contributed by atoms with Gasteiger partial charge in [0, 0.05) is 25.7 Å². The zero-order valence-corrected chi connectivity index (χ0v) is 8.40. The quantitative estimate of drug-likeness (QED) is 0.644. The number of halogens is 2. The summed E-state index contributed by atoms with van der Waals surface area (Å²) in [6.45, 7) is 4.29. The third-order valence-corrected chi connectivity index (χ3v) is 2.34. The van der Waals surface area contributed by atoms with E-state index in [9.17, 15) is 4.79 Å². The van der Waals surface area contributed by atoms with E-state index in [4.69, 9.17) is 23.2 Å². The normalized spacial score (nSPS) is 24.7. The molecule has 1 rings (SSSR count). The minimum Gasteiger partial charge on any atom is -0.335 e. The summed E-state index contributed by atoms with van der Waals surface area (Å²) < 4.78 is 0. The molecule has 1 fully saturated rings. The van der Waals surface area contributed by atoms with E-state index in [1.165, 1.54) is 0 Å². The van der Waals surface area contributed by atoms with E-state index in [1.54, 1.807) is 4.90 Å². The highest BCUT2D eigenvalue weighted by Gasteiger charge is 2.26. The van der Waals surface area contributed by atoms with E-state index in [1.807, 2.05) is 6.92 Å². The van der Waals surface area contributed by atoms with Crippen LogP contribution < -0.4 is 5.32 Å². The maximum atomic E-state index is 11.3. The molecule has 0 bridgehead atoms. The predicted octanol–water partition coefficient (Wildman–Crippen LogP) is 0.610. The molecule has 1 unspecified atom stereocenters. The number of amides is 1. The van der Waals surface area contributed by atoms with Crippen molar-refractivity contribution < 1.29 is 4.79 Å². The number of nitrogens with one attached hydrogen (secondary N) is 1. The Balaban J connectivity index is 2.53. The lowest BCUT2D eigenvalue weighted by Crippen LogP contribution is -2.53. The van der Waals surface area contributed by atoms with Gasteiger partial charge in [0.25, 0.3) is 5.91 Å². The van der Waals surface area contributed by atoms with Gasteiger partial charge in [-0.1, -0.05) is 23.2 Å². The highest BCUT2D eigenvalue weighted by atomic mass is 35.5. The molecule has 0 aliphatic carbocycles. The van der Waals surface area contributed by atoms with Gasteiger partial charge in [-0.2, -0.15) is 0 Å². The van der Waals surface area contributed by atoms with E-state index in [0.29, 0.717) is 6.54 Å². The molecule has 0 spiro atoms. The van der Waals surface area contributed by atoms with Gasteiger partial charge in [-0.05, 0) is 6.92 Å². The van der Waals surface area contributed by atoms with E-state index in [0.717, 1.165) is 13.1 Å². The first kappa shape index (κ1) is 10.1. The van der Waals surface area contributed by atoms with Crippen molar-refractivity contribution in [1.82, 2.24) is 10.2 Å². The third kappa shape index (κ3) is 2.25. The highest BCUT2D eigenvalue weighted by Crippen LogP contribution is 2.11. The molecule has 1 saturated heterocycles. The van der Waals surface area contributed by atoms with Gasteiger partial charge in [0.05, 0.1) is 0 Å². The molecule has 3 nitrogen and oxygen atoms in total. The molecule has 0 aromatic carbocycles. The zero-order valence-electron chi connectivity index (χ0n) is 6.89. The Bertz CT molecular complexity index is 175. The van der Waals surface area contributed by atoms with Crippen LogP contribution in [0, 0.1) is 0 Å². The number of hydrogen-bond donors (Lipinski definition) is 1. The fourth-order valence-electron chi connectivity index (χ4n) is 1.29. The lowest BCUT2D eigenvalue weighted by atomic mass is 10.2. The molecule has 70 valence electrons. The van der Waals surface area contributed by atoms with Gasteiger partial charge in [-0.25, -0.2) is 0 Å². The maximum Gasteiger partial charge on any atom is 0.256 e. The van der Waals surface area contributed by atoms with Crippen LogP contribution in [0.1, 0.15) is 6.92 Å². The van der Waals surface area contributed by atoms with E-state index < -0.39 is 4.84 Å². The highest BCUT2D eigenvalue weighted by molar-refractivity contribution is 6.53. The number of carbonyl (C=O) groups excluding carboxylic acids is 1. The molecular weight excluding hydrogens is 199 g/mol. The average Bonchev–Trinajstić information content (AvgIpc) is 2.04. The molecule has 1 N–H and O–H groups in total. The van der Waals surface area contributed by atoms with Gasteiger partial charge in [-0.15, -0.1) is 0 Å². The van der Waals surface area contributed by atoms with Gasteiger partial charge in [0.2, 0.25) is 0 Å². The van der Waals surface area contributed by atoms with Crippen molar-refractivity contribution >= 4 is 29.1 Å². The Labute approximate surface area is 82.0 Å². The SMILES string of the molecule is CC1CNCCN1C(=O)C(Cl)Cl. The Hall–Kier alpha value is 0.01000. The first-order valence-electron chi connectivity index (χ1n) is 3.92. The molecule has 1 atom stereocenters. The Morgan fingerprint density at radius 1 is 1.67 bits per heavy atom. The number of rotatable bonds is 1. The number of alkyl halides is 2. The molecule has 1 amide bonds. The molecule has 1 heterocycles. The summed E-state index contributed by atoms with van der Waals surface area (Å²) in [6.07, 6.45) is 0. The topological polar surface area (TPSA) is 32.3 Å². The molecule has 5 heteroatoms. The van der Waals surface area contributed by atoms with Crippen LogP contribution in [0.5, 0.6) is 0 Å². The molecule has 0 aromatic heterocycles.